The third-order valence-corrected chi connectivity index (χ3v) is 6.27. The van der Waals surface area contributed by atoms with Gasteiger partial charge in [-0.2, -0.15) is 5.26 Å². The maximum Gasteiger partial charge on any atom is 0.312 e. The molecule has 4 bridgehead atoms. The molecular formula is C17H23N3O3. The quantitative estimate of drug-likeness (QED) is 0.696. The molecule has 1 saturated heterocycles. The highest BCUT2D eigenvalue weighted by Gasteiger charge is 2.58. The van der Waals surface area contributed by atoms with Crippen molar-refractivity contribution >= 4 is 11.8 Å². The summed E-state index contributed by atoms with van der Waals surface area (Å²) in [5.41, 5.74) is -1.09. The minimum atomic E-state index is -0.663. The summed E-state index contributed by atoms with van der Waals surface area (Å²) in [6, 6.07) is 1.62. The highest BCUT2D eigenvalue weighted by atomic mass is 16.3. The van der Waals surface area contributed by atoms with E-state index in [-0.39, 0.29) is 0 Å². The van der Waals surface area contributed by atoms with Crippen LogP contribution in [0.4, 0.5) is 0 Å². The van der Waals surface area contributed by atoms with E-state index in [4.69, 9.17) is 5.26 Å². The van der Waals surface area contributed by atoms with E-state index < -0.39 is 29.0 Å². The molecule has 124 valence electrons. The molecule has 4 saturated carbocycles. The molecule has 1 heterocycles. The fourth-order valence-electron chi connectivity index (χ4n) is 5.93. The predicted molar refractivity (Wildman–Crippen MR) is 80.9 cm³/mol. The van der Waals surface area contributed by atoms with Crippen LogP contribution in [0, 0.1) is 23.2 Å². The van der Waals surface area contributed by atoms with Crippen molar-refractivity contribution < 1.29 is 14.7 Å². The number of carbonyl (C=O) groups is 2. The Morgan fingerprint density at radius 3 is 2.52 bits per heavy atom. The van der Waals surface area contributed by atoms with Crippen molar-refractivity contribution in [2.45, 2.75) is 68.5 Å². The summed E-state index contributed by atoms with van der Waals surface area (Å²) < 4.78 is 0. The number of carbonyl (C=O) groups excluding carboxylic acids is 2. The standard InChI is InChI=1S/C17H23N3O3/c18-9-13-2-1-3-20(13)15(22)14(21)19-16-5-11-4-12(6-16)8-17(23,7-11)10-16/h11-13,23H,1-8,10H2,(H,19,21)/t11?,12?,13-,16?,17?/m0/s1. The minimum absolute atomic E-state index is 0.423. The van der Waals surface area contributed by atoms with Gasteiger partial charge in [-0.25, -0.2) is 0 Å². The van der Waals surface area contributed by atoms with E-state index in [1.54, 1.807) is 0 Å². The summed E-state index contributed by atoms with van der Waals surface area (Å²) in [5.74, 6) is -0.278. The molecule has 0 radical (unpaired) electrons. The van der Waals surface area contributed by atoms with Crippen molar-refractivity contribution in [3.63, 3.8) is 0 Å². The van der Waals surface area contributed by atoms with E-state index >= 15 is 0 Å². The molecule has 0 aromatic carbocycles. The minimum Gasteiger partial charge on any atom is -0.390 e. The van der Waals surface area contributed by atoms with Gasteiger partial charge in [-0.05, 0) is 63.2 Å². The first kappa shape index (κ1) is 14.9. The van der Waals surface area contributed by atoms with E-state index in [1.165, 1.54) is 4.90 Å². The Balaban J connectivity index is 1.49. The average Bonchev–Trinajstić information content (AvgIpc) is 2.91. The highest BCUT2D eigenvalue weighted by Crippen LogP contribution is 2.57. The third-order valence-electron chi connectivity index (χ3n) is 6.27. The van der Waals surface area contributed by atoms with E-state index in [9.17, 15) is 14.7 Å². The zero-order chi connectivity index (χ0) is 16.2. The lowest BCUT2D eigenvalue weighted by atomic mass is 9.51. The monoisotopic (exact) mass is 317 g/mol. The molecule has 3 atom stereocenters. The van der Waals surface area contributed by atoms with Crippen LogP contribution in [0.1, 0.15) is 51.4 Å². The van der Waals surface area contributed by atoms with Crippen LogP contribution >= 0.6 is 0 Å². The molecule has 6 heteroatoms. The summed E-state index contributed by atoms with van der Waals surface area (Å²) in [4.78, 5) is 26.3. The topological polar surface area (TPSA) is 93.4 Å². The Bertz CT molecular complexity index is 582. The summed E-state index contributed by atoms with van der Waals surface area (Å²) in [5, 5.41) is 22.8. The first-order valence-corrected chi connectivity index (χ1v) is 8.67. The van der Waals surface area contributed by atoms with Gasteiger partial charge in [0.1, 0.15) is 6.04 Å². The van der Waals surface area contributed by atoms with Gasteiger partial charge in [0.25, 0.3) is 0 Å². The molecule has 23 heavy (non-hydrogen) atoms. The highest BCUT2D eigenvalue weighted by molar-refractivity contribution is 6.35. The van der Waals surface area contributed by atoms with Crippen molar-refractivity contribution in [3.8, 4) is 6.07 Å². The Labute approximate surface area is 135 Å². The Hall–Kier alpha value is -1.61. The molecule has 5 fully saturated rings. The predicted octanol–water partition coefficient (Wildman–Crippen LogP) is 0.701. The molecule has 5 rings (SSSR count). The van der Waals surface area contributed by atoms with Crippen molar-refractivity contribution in [1.29, 1.82) is 5.26 Å². The molecule has 6 nitrogen and oxygen atoms in total. The normalized spacial score (nSPS) is 44.2. The summed E-state index contributed by atoms with van der Waals surface area (Å²) >= 11 is 0. The van der Waals surface area contributed by atoms with Crippen LogP contribution in [0.25, 0.3) is 0 Å². The largest absolute Gasteiger partial charge is 0.390 e. The van der Waals surface area contributed by atoms with Crippen LogP contribution in [0.2, 0.25) is 0 Å². The second kappa shape index (κ2) is 4.94. The van der Waals surface area contributed by atoms with Crippen molar-refractivity contribution in [1.82, 2.24) is 10.2 Å². The smallest absolute Gasteiger partial charge is 0.312 e. The van der Waals surface area contributed by atoms with E-state index in [0.717, 1.165) is 38.5 Å². The van der Waals surface area contributed by atoms with Gasteiger partial charge in [0.2, 0.25) is 0 Å². The molecular weight excluding hydrogens is 294 g/mol. The molecule has 2 N–H and O–H groups in total. The van der Waals surface area contributed by atoms with Crippen molar-refractivity contribution in [3.05, 3.63) is 0 Å². The summed E-state index contributed by atoms with van der Waals surface area (Å²) in [6.45, 7) is 0.479. The number of nitriles is 1. The number of likely N-dealkylation sites (tertiary alicyclic amines) is 1. The van der Waals surface area contributed by atoms with E-state index in [1.807, 2.05) is 0 Å². The first-order valence-electron chi connectivity index (χ1n) is 8.67. The molecule has 5 aliphatic rings. The average molecular weight is 317 g/mol. The van der Waals surface area contributed by atoms with Crippen molar-refractivity contribution in [2.24, 2.45) is 11.8 Å². The number of nitrogens with zero attached hydrogens (tertiary/aromatic N) is 2. The second-order valence-corrected chi connectivity index (χ2v) is 8.21. The Morgan fingerprint density at radius 1 is 1.22 bits per heavy atom. The van der Waals surface area contributed by atoms with Crippen LogP contribution in [-0.4, -0.2) is 45.5 Å². The van der Waals surface area contributed by atoms with Gasteiger partial charge in [0.05, 0.1) is 11.7 Å². The number of hydrogen-bond acceptors (Lipinski definition) is 4. The summed E-state index contributed by atoms with van der Waals surface area (Å²) in [7, 11) is 0. The van der Waals surface area contributed by atoms with Gasteiger partial charge in [0.15, 0.2) is 0 Å². The molecule has 1 aliphatic heterocycles. The molecule has 2 amide bonds. The number of nitrogens with one attached hydrogen (secondary N) is 1. The zero-order valence-corrected chi connectivity index (χ0v) is 13.3. The van der Waals surface area contributed by atoms with Crippen LogP contribution in [0.5, 0.6) is 0 Å². The van der Waals surface area contributed by atoms with E-state index in [2.05, 4.69) is 11.4 Å². The molecule has 0 aromatic rings. The molecule has 0 aromatic heterocycles. The fourth-order valence-corrected chi connectivity index (χ4v) is 5.93. The van der Waals surface area contributed by atoms with Gasteiger partial charge >= 0.3 is 11.8 Å². The van der Waals surface area contributed by atoms with Crippen LogP contribution < -0.4 is 5.32 Å². The van der Waals surface area contributed by atoms with Crippen LogP contribution in [-0.2, 0) is 9.59 Å². The van der Waals surface area contributed by atoms with Gasteiger partial charge in [-0.3, -0.25) is 9.59 Å². The van der Waals surface area contributed by atoms with Gasteiger partial charge in [-0.1, -0.05) is 0 Å². The maximum atomic E-state index is 12.5. The van der Waals surface area contributed by atoms with Crippen LogP contribution in [0.3, 0.4) is 0 Å². The molecule has 0 spiro atoms. The maximum absolute atomic E-state index is 12.5. The fraction of sp³-hybridized carbons (Fsp3) is 0.824. The Kier molecular flexibility index (Phi) is 3.21. The van der Waals surface area contributed by atoms with Crippen molar-refractivity contribution in [2.75, 3.05) is 6.54 Å². The number of hydrogen-bond donors (Lipinski definition) is 2. The summed E-state index contributed by atoms with van der Waals surface area (Å²) in [6.07, 6.45) is 6.51. The van der Waals surface area contributed by atoms with Gasteiger partial charge in [0, 0.05) is 12.1 Å². The van der Waals surface area contributed by atoms with Crippen LogP contribution in [0.15, 0.2) is 0 Å². The molecule has 2 unspecified atom stereocenters. The van der Waals surface area contributed by atoms with E-state index in [0.29, 0.717) is 31.2 Å². The lowest BCUT2D eigenvalue weighted by molar-refractivity contribution is -0.158. The molecule has 4 aliphatic carbocycles. The lowest BCUT2D eigenvalue weighted by Crippen LogP contribution is -2.66. The SMILES string of the molecule is N#C[C@@H]1CCCN1C(=O)C(=O)NC12CC3CC(CC(O)(C3)C1)C2. The first-order chi connectivity index (χ1) is 10.9. The second-order valence-electron chi connectivity index (χ2n) is 8.21. The number of amides is 2. The van der Waals surface area contributed by atoms with Gasteiger partial charge in [-0.15, -0.1) is 0 Å². The third kappa shape index (κ3) is 2.42. The zero-order valence-electron chi connectivity index (χ0n) is 13.3. The lowest BCUT2D eigenvalue weighted by Gasteiger charge is -2.60. The number of rotatable bonds is 1. The van der Waals surface area contributed by atoms with Gasteiger partial charge < -0.3 is 15.3 Å². The Morgan fingerprint density at radius 2 is 1.91 bits per heavy atom. The number of aliphatic hydroxyl groups is 1.